The summed E-state index contributed by atoms with van der Waals surface area (Å²) in [4.78, 5) is 2.71. The average molecular weight is 1400 g/mol. The molecule has 1 aliphatic carbocycles. The quantitative estimate of drug-likeness (QED) is 0.0216. The Bertz CT molecular complexity index is 3610. The Balaban J connectivity index is 0.0000108. The number of unbranched alkanes of at least 4 members (excludes halogenated alkanes) is 30. The number of benzene rings is 7. The zero-order valence-electron chi connectivity index (χ0n) is 60.6. The smallest absolute Gasteiger partial charge is 0.210 e. The lowest BCUT2D eigenvalue weighted by atomic mass is 9.78. The van der Waals surface area contributed by atoms with Crippen LogP contribution in [0.4, 0.5) is 11.4 Å². The molecule has 3 nitrogen and oxygen atoms in total. The molecule has 0 saturated heterocycles. The van der Waals surface area contributed by atoms with Crippen LogP contribution in [0, 0.1) is 0 Å². The van der Waals surface area contributed by atoms with Crippen molar-refractivity contribution in [3.63, 3.8) is 0 Å². The van der Waals surface area contributed by atoms with Crippen LogP contribution in [0.2, 0.25) is 0 Å². The summed E-state index contributed by atoms with van der Waals surface area (Å²) >= 11 is 0. The Labute approximate surface area is 600 Å². The summed E-state index contributed by atoms with van der Waals surface area (Å²) in [7, 11) is 0. The maximum absolute atomic E-state index is 7.90. The lowest BCUT2D eigenvalue weighted by molar-refractivity contribution is -0.438. The first-order chi connectivity index (χ1) is 46.7. The molecule has 0 radical (unpaired) electrons. The van der Waals surface area contributed by atoms with Crippen LogP contribution in [-0.2, 0) is 10.8 Å². The van der Waals surface area contributed by atoms with Crippen molar-refractivity contribution in [3.05, 3.63) is 210 Å². The third kappa shape index (κ3) is 19.7. The Morgan fingerprint density at radius 3 is 1.38 bits per heavy atom. The van der Waals surface area contributed by atoms with Crippen LogP contribution < -0.4 is 33.6 Å². The highest BCUT2D eigenvalue weighted by molar-refractivity contribution is 6.08. The van der Waals surface area contributed by atoms with Crippen molar-refractivity contribution in [1.82, 2.24) is 0 Å². The second-order valence-electron chi connectivity index (χ2n) is 29.7. The number of anilines is 1. The molecule has 2 heterocycles. The van der Waals surface area contributed by atoms with Gasteiger partial charge < -0.3 is 33.6 Å². The summed E-state index contributed by atoms with van der Waals surface area (Å²) in [5, 5.41) is 5.37. The van der Waals surface area contributed by atoms with E-state index >= 15 is 0 Å². The van der Waals surface area contributed by atoms with Crippen molar-refractivity contribution < 1.29 is 33.3 Å². The van der Waals surface area contributed by atoms with Gasteiger partial charge in [-0.1, -0.05) is 353 Å². The number of ether oxygens (including phenoxy) is 1. The van der Waals surface area contributed by atoms with Crippen molar-refractivity contribution in [3.8, 4) is 28.0 Å². The summed E-state index contributed by atoms with van der Waals surface area (Å²) < 4.78 is 10.6. The Morgan fingerprint density at radius 2 is 0.865 bits per heavy atom. The number of hydrogen-bond acceptors (Lipinski definition) is 2. The topological polar surface area (TPSA) is 15.5 Å². The van der Waals surface area contributed by atoms with E-state index in [0.717, 1.165) is 66.1 Å². The first-order valence-corrected chi connectivity index (χ1v) is 38.9. The van der Waals surface area contributed by atoms with Gasteiger partial charge in [0.1, 0.15) is 18.1 Å². The fourth-order valence-corrected chi connectivity index (χ4v) is 16.3. The van der Waals surface area contributed by atoms with E-state index in [9.17, 15) is 0 Å². The standard InChI is InChI=1S/C92H121N2O.HI/c1-7-9-11-13-15-17-19-21-23-25-27-29-31-33-35-47-71-93-83-67-63-75-55-43-45-59-79(75)87(83)91(3,4)85(93)69-65-77-57-49-58-78(89(77)95-90-81(73-51-39-37-40-52-73)61-50-62-82(90)74-53-41-38-42-54-74)66-70-86-92(5,6)88-80-60-46-44-56-76(80)64-68-84(88)94(86)72-48-36-34-32-30-28-26-24-22-20-18-16-14-12-10-8-2;/h37-46,50-56,59-70H,7-36,47-49,57-58,71-72H2,1-6H3;1H/q+1;/p-1. The molecule has 0 amide bonds. The Hall–Kier alpha value is -5.98. The molecule has 4 heteroatoms. The summed E-state index contributed by atoms with van der Waals surface area (Å²) in [5.41, 5.74) is 15.0. The first-order valence-electron chi connectivity index (χ1n) is 38.9. The number of halogens is 1. The van der Waals surface area contributed by atoms with Crippen molar-refractivity contribution >= 4 is 38.6 Å². The van der Waals surface area contributed by atoms with Gasteiger partial charge in [0.25, 0.3) is 0 Å². The van der Waals surface area contributed by atoms with Gasteiger partial charge in [-0.05, 0) is 120 Å². The highest BCUT2D eigenvalue weighted by Crippen LogP contribution is 2.52. The largest absolute Gasteiger partial charge is 1.00 e. The molecule has 3 aliphatic rings. The predicted molar refractivity (Wildman–Crippen MR) is 414 cm³/mol. The molecule has 10 rings (SSSR count). The summed E-state index contributed by atoms with van der Waals surface area (Å²) in [6, 6.07) is 56.3. The molecule has 7 aromatic carbocycles. The third-order valence-corrected chi connectivity index (χ3v) is 21.7. The number of allylic oxidation sites excluding steroid dienone is 7. The van der Waals surface area contributed by atoms with Crippen molar-refractivity contribution in [1.29, 1.82) is 0 Å². The predicted octanol–water partition coefficient (Wildman–Crippen LogP) is 24.9. The van der Waals surface area contributed by atoms with E-state index in [1.807, 2.05) is 0 Å². The third-order valence-electron chi connectivity index (χ3n) is 21.7. The summed E-state index contributed by atoms with van der Waals surface area (Å²) in [5.74, 6) is 1.91. The van der Waals surface area contributed by atoms with Gasteiger partial charge in [-0.2, -0.15) is 4.58 Å². The van der Waals surface area contributed by atoms with E-state index in [1.165, 1.54) is 272 Å². The molecule has 2 aliphatic heterocycles. The van der Waals surface area contributed by atoms with E-state index in [0.29, 0.717) is 0 Å². The monoisotopic (exact) mass is 1400 g/mol. The van der Waals surface area contributed by atoms with Crippen LogP contribution in [0.25, 0.3) is 43.8 Å². The maximum atomic E-state index is 7.90. The van der Waals surface area contributed by atoms with Crippen LogP contribution in [0.3, 0.4) is 0 Å². The molecule has 7 aromatic rings. The number of para-hydroxylation sites is 1. The van der Waals surface area contributed by atoms with Crippen molar-refractivity contribution in [2.75, 3.05) is 18.0 Å². The molecule has 0 bridgehead atoms. The zero-order chi connectivity index (χ0) is 65.9. The molecule has 0 spiro atoms. The van der Waals surface area contributed by atoms with E-state index in [1.54, 1.807) is 0 Å². The summed E-state index contributed by atoms with van der Waals surface area (Å²) in [6.07, 6.45) is 57.0. The Kier molecular flexibility index (Phi) is 30.1. The average Bonchev–Trinajstić information content (AvgIpc) is 1.57. The fourth-order valence-electron chi connectivity index (χ4n) is 16.3. The zero-order valence-corrected chi connectivity index (χ0v) is 62.7. The van der Waals surface area contributed by atoms with Gasteiger partial charge in [0.15, 0.2) is 5.71 Å². The van der Waals surface area contributed by atoms with Gasteiger partial charge in [0.2, 0.25) is 5.69 Å². The van der Waals surface area contributed by atoms with Gasteiger partial charge in [0.05, 0.1) is 5.41 Å². The lowest BCUT2D eigenvalue weighted by Gasteiger charge is -2.28. The number of hydrogen-bond donors (Lipinski definition) is 0. The number of nitrogens with zero attached hydrogens (tertiary/aromatic N) is 2. The molecule has 0 atom stereocenters. The number of fused-ring (bicyclic) bond motifs is 6. The fraction of sp³-hybridized carbons (Fsp3) is 0.489. The molecule has 0 saturated carbocycles. The van der Waals surface area contributed by atoms with Crippen LogP contribution in [0.5, 0.6) is 5.75 Å². The lowest BCUT2D eigenvalue weighted by Crippen LogP contribution is -3.00. The van der Waals surface area contributed by atoms with Crippen LogP contribution in [0.1, 0.15) is 277 Å². The highest BCUT2D eigenvalue weighted by atomic mass is 127. The van der Waals surface area contributed by atoms with Crippen LogP contribution in [0.15, 0.2) is 199 Å². The van der Waals surface area contributed by atoms with E-state index in [2.05, 4.69) is 227 Å². The number of rotatable bonds is 41. The molecule has 0 aromatic heterocycles. The van der Waals surface area contributed by atoms with E-state index < -0.39 is 0 Å². The van der Waals surface area contributed by atoms with Crippen LogP contribution in [-0.4, -0.2) is 23.4 Å². The normalized spacial score (nSPS) is 15.8. The molecular formula is C92H121IN2O. The minimum absolute atomic E-state index is 0. The minimum atomic E-state index is -0.218. The molecule has 512 valence electrons. The van der Waals surface area contributed by atoms with Gasteiger partial charge in [-0.25, -0.2) is 0 Å². The van der Waals surface area contributed by atoms with Crippen molar-refractivity contribution in [2.45, 2.75) is 277 Å². The summed E-state index contributed by atoms with van der Waals surface area (Å²) in [6.45, 7) is 16.6. The van der Waals surface area contributed by atoms with E-state index in [4.69, 9.17) is 4.74 Å². The Morgan fingerprint density at radius 1 is 0.417 bits per heavy atom. The molecule has 0 N–H and O–H groups in total. The van der Waals surface area contributed by atoms with Gasteiger partial charge in [-0.3, -0.25) is 0 Å². The molecule has 0 fully saturated rings. The molecule has 96 heavy (non-hydrogen) atoms. The van der Waals surface area contributed by atoms with E-state index in [-0.39, 0.29) is 34.8 Å². The van der Waals surface area contributed by atoms with Crippen LogP contribution >= 0.6 is 0 Å². The van der Waals surface area contributed by atoms with Gasteiger partial charge in [-0.15, -0.1) is 0 Å². The maximum Gasteiger partial charge on any atom is 0.210 e. The second-order valence-corrected chi connectivity index (χ2v) is 29.7. The van der Waals surface area contributed by atoms with Gasteiger partial charge >= 0.3 is 0 Å². The molecular weight excluding hydrogens is 1280 g/mol. The SMILES string of the molecule is CCCCCCCCCCCCCCCCCCN1/C(=C/C=C2\CCCC(/C=C/C3=[N+](CCCCCCCCCCCCCCCCCC)c4ccc5ccccc5c4C3(C)C)=C2Oc2c(-c3ccccc3)cccc2-c2ccccc2)C(C)(C)c2c1ccc1ccccc21.[I-]. The second kappa shape index (κ2) is 39.0. The highest BCUT2D eigenvalue weighted by Gasteiger charge is 2.46. The molecule has 0 unspecified atom stereocenters. The first kappa shape index (κ1) is 74.2. The van der Waals surface area contributed by atoms with Crippen molar-refractivity contribution in [2.24, 2.45) is 0 Å². The van der Waals surface area contributed by atoms with Gasteiger partial charge in [0, 0.05) is 58.6 Å². The minimum Gasteiger partial charge on any atom is -1.00 e.